The van der Waals surface area contributed by atoms with Crippen LogP contribution in [0.1, 0.15) is 23.6 Å². The van der Waals surface area contributed by atoms with Crippen molar-refractivity contribution in [2.45, 2.75) is 12.3 Å². The molecule has 1 aliphatic rings. The Labute approximate surface area is 359 Å². The lowest BCUT2D eigenvalue weighted by Crippen LogP contribution is -2.22. The minimum Gasteiger partial charge on any atom is -0.228 e. The van der Waals surface area contributed by atoms with Crippen molar-refractivity contribution in [3.05, 3.63) is 229 Å². The van der Waals surface area contributed by atoms with Crippen LogP contribution in [0.5, 0.6) is 0 Å². The molecule has 0 radical (unpaired) electrons. The van der Waals surface area contributed by atoms with Gasteiger partial charge in [0.25, 0.3) is 0 Å². The van der Waals surface area contributed by atoms with Gasteiger partial charge in [0, 0.05) is 42.3 Å². The molecule has 11 aromatic rings. The number of hydrogen-bond donors (Lipinski definition) is 0. The number of nitrogens with zero attached hydrogens (tertiary/aromatic N) is 2. The van der Waals surface area contributed by atoms with E-state index in [1.165, 1.54) is 69.9 Å². The molecule has 0 saturated carbocycles. The normalized spacial score (nSPS) is 14.4. The van der Waals surface area contributed by atoms with E-state index in [2.05, 4.69) is 213 Å². The first-order valence-corrected chi connectivity index (χ1v) is 21.7. The molecule has 0 saturated heterocycles. The Morgan fingerprint density at radius 2 is 0.967 bits per heavy atom. The standard InChI is InChI=1S/C58H38N2S/c1-58(42-21-6-3-7-22-42)50-30-12-10-25-48(50)55-49(29-16-31-51(55)58)53-36-52(59-57(60-53)38-18-4-2-5-19-38)41-34-39(44-26-14-20-37-17-8-9-23-43(37)44)33-40(35-41)45-27-15-28-47-46-24-11-13-32-54(46)61-56(45)47/h2-36H,1H3. The SMILES string of the molecule is CC1(c2ccccc2)c2ccccc2-c2c(-c3cc(-c4cc(-c5cccc6ccccc56)cc(-c5cccc6c5sc5ccccc56)c4)nc(-c4ccccc4)n3)cccc21. The topological polar surface area (TPSA) is 25.8 Å². The first-order chi connectivity index (χ1) is 30.1. The summed E-state index contributed by atoms with van der Waals surface area (Å²) in [7, 11) is 0. The number of benzene rings is 9. The highest BCUT2D eigenvalue weighted by Gasteiger charge is 2.41. The van der Waals surface area contributed by atoms with Crippen molar-refractivity contribution < 1.29 is 0 Å². The number of rotatable bonds is 6. The summed E-state index contributed by atoms with van der Waals surface area (Å²) in [6.07, 6.45) is 0. The molecule has 286 valence electrons. The van der Waals surface area contributed by atoms with E-state index >= 15 is 0 Å². The molecule has 2 aromatic heterocycles. The average Bonchev–Trinajstić information content (AvgIpc) is 3.85. The number of fused-ring (bicyclic) bond motifs is 7. The monoisotopic (exact) mass is 794 g/mol. The Hall–Kier alpha value is -7.46. The van der Waals surface area contributed by atoms with Crippen LogP contribution in [0.15, 0.2) is 212 Å². The van der Waals surface area contributed by atoms with Gasteiger partial charge in [-0.3, -0.25) is 0 Å². The van der Waals surface area contributed by atoms with Crippen LogP contribution in [-0.2, 0) is 5.41 Å². The van der Waals surface area contributed by atoms with Crippen molar-refractivity contribution in [2.24, 2.45) is 0 Å². The summed E-state index contributed by atoms with van der Waals surface area (Å²) >= 11 is 1.87. The zero-order valence-corrected chi connectivity index (χ0v) is 34.3. The fourth-order valence-corrected chi connectivity index (χ4v) is 11.1. The molecule has 61 heavy (non-hydrogen) atoms. The van der Waals surface area contributed by atoms with Crippen molar-refractivity contribution in [1.29, 1.82) is 0 Å². The van der Waals surface area contributed by atoms with Gasteiger partial charge in [0.1, 0.15) is 0 Å². The average molecular weight is 795 g/mol. The molecule has 9 aromatic carbocycles. The lowest BCUT2D eigenvalue weighted by atomic mass is 9.74. The summed E-state index contributed by atoms with van der Waals surface area (Å²) in [6.45, 7) is 2.37. The zero-order chi connectivity index (χ0) is 40.5. The van der Waals surface area contributed by atoms with E-state index in [0.717, 1.165) is 39.2 Å². The fourth-order valence-electron chi connectivity index (χ4n) is 9.82. The second kappa shape index (κ2) is 14.1. The molecule has 1 aliphatic carbocycles. The highest BCUT2D eigenvalue weighted by molar-refractivity contribution is 7.26. The van der Waals surface area contributed by atoms with Crippen molar-refractivity contribution >= 4 is 42.3 Å². The Kier molecular flexibility index (Phi) is 8.19. The first-order valence-electron chi connectivity index (χ1n) is 20.9. The van der Waals surface area contributed by atoms with Crippen LogP contribution in [-0.4, -0.2) is 9.97 Å². The van der Waals surface area contributed by atoms with Crippen molar-refractivity contribution in [3.63, 3.8) is 0 Å². The minimum absolute atomic E-state index is 0.323. The molecular formula is C58H38N2S. The van der Waals surface area contributed by atoms with Gasteiger partial charge in [-0.05, 0) is 98.1 Å². The predicted molar refractivity (Wildman–Crippen MR) is 257 cm³/mol. The van der Waals surface area contributed by atoms with Crippen LogP contribution < -0.4 is 0 Å². The number of aromatic nitrogens is 2. The van der Waals surface area contributed by atoms with Gasteiger partial charge in [0.15, 0.2) is 5.82 Å². The molecule has 2 heterocycles. The van der Waals surface area contributed by atoms with E-state index < -0.39 is 0 Å². The molecule has 3 heteroatoms. The summed E-state index contributed by atoms with van der Waals surface area (Å²) in [4.78, 5) is 10.9. The third-order valence-corrected chi connectivity index (χ3v) is 14.0. The van der Waals surface area contributed by atoms with Gasteiger partial charge >= 0.3 is 0 Å². The van der Waals surface area contributed by atoms with Crippen molar-refractivity contribution in [1.82, 2.24) is 9.97 Å². The smallest absolute Gasteiger partial charge is 0.160 e. The van der Waals surface area contributed by atoms with Crippen LogP contribution in [0, 0.1) is 0 Å². The molecule has 2 nitrogen and oxygen atoms in total. The second-order valence-electron chi connectivity index (χ2n) is 16.2. The Morgan fingerprint density at radius 3 is 1.84 bits per heavy atom. The van der Waals surface area contributed by atoms with Gasteiger partial charge in [-0.15, -0.1) is 11.3 Å². The highest BCUT2D eigenvalue weighted by atomic mass is 32.1. The quantitative estimate of drug-likeness (QED) is 0.168. The van der Waals surface area contributed by atoms with Crippen LogP contribution in [0.2, 0.25) is 0 Å². The van der Waals surface area contributed by atoms with Crippen molar-refractivity contribution in [2.75, 3.05) is 0 Å². The molecule has 0 spiro atoms. The highest BCUT2D eigenvalue weighted by Crippen LogP contribution is 2.55. The van der Waals surface area contributed by atoms with E-state index in [4.69, 9.17) is 9.97 Å². The molecule has 0 amide bonds. The van der Waals surface area contributed by atoms with E-state index in [1.54, 1.807) is 0 Å². The van der Waals surface area contributed by atoms with Gasteiger partial charge in [-0.2, -0.15) is 0 Å². The number of thiophene rings is 1. The van der Waals surface area contributed by atoms with E-state index in [1.807, 2.05) is 17.4 Å². The van der Waals surface area contributed by atoms with Gasteiger partial charge in [-0.1, -0.05) is 182 Å². The summed E-state index contributed by atoms with van der Waals surface area (Å²) in [5.74, 6) is 0.700. The maximum atomic E-state index is 5.43. The fraction of sp³-hybridized carbons (Fsp3) is 0.0345. The van der Waals surface area contributed by atoms with Crippen molar-refractivity contribution in [3.8, 4) is 67.3 Å². The maximum absolute atomic E-state index is 5.43. The van der Waals surface area contributed by atoms with Gasteiger partial charge in [0.2, 0.25) is 0 Å². The van der Waals surface area contributed by atoms with Crippen LogP contribution in [0.4, 0.5) is 0 Å². The summed E-state index contributed by atoms with van der Waals surface area (Å²) in [5.41, 5.74) is 15.7. The molecule has 0 bridgehead atoms. The molecule has 0 aliphatic heterocycles. The van der Waals surface area contributed by atoms with Gasteiger partial charge in [0.05, 0.1) is 11.4 Å². The molecule has 1 atom stereocenters. The lowest BCUT2D eigenvalue weighted by Gasteiger charge is -2.28. The summed E-state index contributed by atoms with van der Waals surface area (Å²) in [5, 5.41) is 5.02. The lowest BCUT2D eigenvalue weighted by molar-refractivity contribution is 0.714. The Morgan fingerprint density at radius 1 is 0.393 bits per heavy atom. The summed E-state index contributed by atoms with van der Waals surface area (Å²) in [6, 6.07) is 77.0. The van der Waals surface area contributed by atoms with Gasteiger partial charge in [-0.25, -0.2) is 9.97 Å². The largest absolute Gasteiger partial charge is 0.228 e. The third kappa shape index (κ3) is 5.69. The van der Waals surface area contributed by atoms with Crippen LogP contribution >= 0.6 is 11.3 Å². The maximum Gasteiger partial charge on any atom is 0.160 e. The predicted octanol–water partition coefficient (Wildman–Crippen LogP) is 15.7. The van der Waals surface area contributed by atoms with E-state index in [-0.39, 0.29) is 5.41 Å². The number of hydrogen-bond acceptors (Lipinski definition) is 3. The van der Waals surface area contributed by atoms with E-state index in [9.17, 15) is 0 Å². The minimum atomic E-state index is -0.323. The molecule has 0 fully saturated rings. The van der Waals surface area contributed by atoms with Crippen LogP contribution in [0.3, 0.4) is 0 Å². The second-order valence-corrected chi connectivity index (χ2v) is 17.3. The third-order valence-electron chi connectivity index (χ3n) is 12.8. The molecular weight excluding hydrogens is 757 g/mol. The molecule has 0 N–H and O–H groups in total. The molecule has 12 rings (SSSR count). The first kappa shape index (κ1) is 35.5. The van der Waals surface area contributed by atoms with Crippen LogP contribution in [0.25, 0.3) is 98.2 Å². The van der Waals surface area contributed by atoms with Gasteiger partial charge < -0.3 is 0 Å². The Balaban J connectivity index is 1.13. The summed E-state index contributed by atoms with van der Waals surface area (Å²) < 4.78 is 2.58. The zero-order valence-electron chi connectivity index (χ0n) is 33.5. The Bertz CT molecular complexity index is 3490. The molecule has 1 unspecified atom stereocenters. The van der Waals surface area contributed by atoms with E-state index in [0.29, 0.717) is 5.82 Å².